The largest absolute Gasteiger partial charge is 0.458 e. The molecular weight excluding hydrogens is 584 g/mol. The van der Waals surface area contributed by atoms with Crippen LogP contribution in [0.2, 0.25) is 0 Å². The molecule has 0 aromatic carbocycles. The molecule has 0 aromatic heterocycles. The maximum absolute atomic E-state index is 15.2. The highest BCUT2D eigenvalue weighted by Gasteiger charge is 2.73. The van der Waals surface area contributed by atoms with Gasteiger partial charge in [0.1, 0.15) is 24.4 Å². The summed E-state index contributed by atoms with van der Waals surface area (Å²) in [5.41, 5.74) is 0. The number of carbonyl (C=O) groups excluding carboxylic acids is 4. The van der Waals surface area contributed by atoms with E-state index in [-0.39, 0.29) is 35.5 Å². The summed E-state index contributed by atoms with van der Waals surface area (Å²) in [6.45, 7) is 0. The molecule has 5 saturated carbocycles. The van der Waals surface area contributed by atoms with E-state index in [0.29, 0.717) is 25.7 Å². The second-order valence-corrected chi connectivity index (χ2v) is 14.1. The lowest BCUT2D eigenvalue weighted by Crippen LogP contribution is -2.53. The lowest BCUT2D eigenvalue weighted by atomic mass is 9.87. The van der Waals surface area contributed by atoms with Gasteiger partial charge in [-0.25, -0.2) is 0 Å². The molecule has 4 bridgehead atoms. The van der Waals surface area contributed by atoms with E-state index in [2.05, 4.69) is 0 Å². The number of hydrogen-bond acceptors (Lipinski definition) is 10. The lowest BCUT2D eigenvalue weighted by Gasteiger charge is -2.33. The molecule has 0 spiro atoms. The summed E-state index contributed by atoms with van der Waals surface area (Å²) >= 11 is 0. The highest BCUT2D eigenvalue weighted by molar-refractivity contribution is 7.87. The fourth-order valence-electron chi connectivity index (χ4n) is 8.86. The van der Waals surface area contributed by atoms with Gasteiger partial charge < -0.3 is 18.9 Å². The van der Waals surface area contributed by atoms with Gasteiger partial charge in [0.05, 0.1) is 23.7 Å². The van der Waals surface area contributed by atoms with Crippen LogP contribution in [-0.2, 0) is 48.2 Å². The number of rotatable bonds is 7. The van der Waals surface area contributed by atoms with Crippen LogP contribution in [0.5, 0.6) is 0 Å². The normalized spacial score (nSPS) is 45.7. The molecule has 13 atom stereocenters. The predicted octanol–water partition coefficient (Wildman–Crippen LogP) is 1.73. The van der Waals surface area contributed by atoms with Crippen molar-refractivity contribution in [2.24, 2.45) is 53.3 Å². The Morgan fingerprint density at radius 2 is 1.27 bits per heavy atom. The molecule has 226 valence electrons. The topological polar surface area (TPSA) is 160 Å². The van der Waals surface area contributed by atoms with Crippen LogP contribution in [-0.4, -0.2) is 72.4 Å². The maximum Gasteiger partial charge on any atom is 0.431 e. The van der Waals surface area contributed by atoms with E-state index >= 15 is 8.78 Å². The Balaban J connectivity index is 1.12. The molecule has 7 aliphatic rings. The van der Waals surface area contributed by atoms with Gasteiger partial charge in [-0.1, -0.05) is 0 Å². The van der Waals surface area contributed by atoms with Gasteiger partial charge in [-0.2, -0.15) is 26.0 Å². The van der Waals surface area contributed by atoms with E-state index in [1.165, 1.54) is 0 Å². The molecule has 5 aliphatic carbocycles. The van der Waals surface area contributed by atoms with Crippen molar-refractivity contribution in [1.82, 2.24) is 0 Å². The van der Waals surface area contributed by atoms with E-state index in [9.17, 15) is 36.4 Å². The summed E-state index contributed by atoms with van der Waals surface area (Å²) < 4.78 is 112. The first-order valence-electron chi connectivity index (χ1n) is 13.6. The van der Waals surface area contributed by atoms with Crippen LogP contribution in [0.4, 0.5) is 17.6 Å². The summed E-state index contributed by atoms with van der Waals surface area (Å²) in [4.78, 5) is 50.5. The molecule has 16 heteroatoms. The zero-order valence-electron chi connectivity index (χ0n) is 21.2. The summed E-state index contributed by atoms with van der Waals surface area (Å²) in [7, 11) is -6.62. The van der Waals surface area contributed by atoms with Crippen LogP contribution in [0.15, 0.2) is 0 Å². The molecule has 2 saturated heterocycles. The van der Waals surface area contributed by atoms with Gasteiger partial charge in [0.15, 0.2) is 0 Å². The van der Waals surface area contributed by atoms with Crippen molar-refractivity contribution in [3.05, 3.63) is 0 Å². The van der Waals surface area contributed by atoms with E-state index in [4.69, 9.17) is 23.5 Å². The van der Waals surface area contributed by atoms with E-state index in [0.717, 1.165) is 0 Å². The number of carbonyl (C=O) groups is 4. The Bertz CT molecular complexity index is 1340. The smallest absolute Gasteiger partial charge is 0.431 e. The predicted molar refractivity (Wildman–Crippen MR) is 120 cm³/mol. The molecule has 0 aromatic rings. The molecule has 1 N–H and O–H groups in total. The number of halogens is 4. The number of alkyl halides is 4. The van der Waals surface area contributed by atoms with E-state index in [1.807, 2.05) is 0 Å². The van der Waals surface area contributed by atoms with Crippen LogP contribution in [0.1, 0.15) is 38.5 Å². The van der Waals surface area contributed by atoms with Crippen molar-refractivity contribution in [3.8, 4) is 0 Å². The second kappa shape index (κ2) is 8.54. The van der Waals surface area contributed by atoms with Crippen molar-refractivity contribution >= 4 is 34.0 Å². The van der Waals surface area contributed by atoms with E-state index in [1.54, 1.807) is 0 Å². The van der Waals surface area contributed by atoms with Crippen LogP contribution in [0, 0.1) is 53.3 Å². The maximum atomic E-state index is 15.2. The Labute approximate surface area is 230 Å². The molecule has 11 nitrogen and oxygen atoms in total. The quantitative estimate of drug-likeness (QED) is 0.194. The van der Waals surface area contributed by atoms with Gasteiger partial charge in [-0.05, 0) is 38.5 Å². The van der Waals surface area contributed by atoms with Gasteiger partial charge in [0.2, 0.25) is 0 Å². The molecule has 0 radical (unpaired) electrons. The molecule has 7 rings (SSSR count). The van der Waals surface area contributed by atoms with Crippen LogP contribution >= 0.6 is 0 Å². The van der Waals surface area contributed by atoms with Gasteiger partial charge in [-0.15, -0.1) is 0 Å². The summed E-state index contributed by atoms with van der Waals surface area (Å²) in [5, 5.41) is -5.97. The fraction of sp³-hybridized carbons (Fsp3) is 0.840. The first-order chi connectivity index (χ1) is 19.1. The lowest BCUT2D eigenvalue weighted by molar-refractivity contribution is -0.208. The summed E-state index contributed by atoms with van der Waals surface area (Å²) in [6, 6.07) is 0. The molecular formula is C25H26F4O11S. The van der Waals surface area contributed by atoms with Crippen LogP contribution < -0.4 is 0 Å². The van der Waals surface area contributed by atoms with Crippen LogP contribution in [0.3, 0.4) is 0 Å². The highest BCUT2D eigenvalue weighted by Crippen LogP contribution is 2.58. The van der Waals surface area contributed by atoms with Crippen molar-refractivity contribution in [1.29, 1.82) is 0 Å². The monoisotopic (exact) mass is 610 g/mol. The minimum absolute atomic E-state index is 0.145. The Morgan fingerprint density at radius 1 is 0.780 bits per heavy atom. The van der Waals surface area contributed by atoms with Gasteiger partial charge in [0.25, 0.3) is 0 Å². The average molecular weight is 611 g/mol. The Kier molecular flexibility index (Phi) is 5.70. The van der Waals surface area contributed by atoms with Crippen LogP contribution in [0.25, 0.3) is 0 Å². The third kappa shape index (κ3) is 3.67. The molecule has 7 fully saturated rings. The number of fused-ring (bicyclic) bond motifs is 2. The Hall–Kier alpha value is -2.49. The fourth-order valence-corrected chi connectivity index (χ4v) is 9.36. The minimum atomic E-state index is -6.62. The van der Waals surface area contributed by atoms with Crippen molar-refractivity contribution < 1.29 is 68.7 Å². The zero-order chi connectivity index (χ0) is 29.4. The summed E-state index contributed by atoms with van der Waals surface area (Å²) in [6.07, 6.45) is -3.26. The third-order valence-electron chi connectivity index (χ3n) is 10.7. The molecule has 11 unspecified atom stereocenters. The SMILES string of the molecule is O=C1OC2C3CC(CC13)C2OC(=O)[C@H]1CC(C(F)(F)C(F)(F)S(=O)(=O)O)[C@@H](C(=O)OC2C3CC4C(=O)OC2C4C3)C1. The Morgan fingerprint density at radius 3 is 1.76 bits per heavy atom. The van der Waals surface area contributed by atoms with Crippen molar-refractivity contribution in [2.75, 3.05) is 0 Å². The third-order valence-corrected chi connectivity index (χ3v) is 11.6. The van der Waals surface area contributed by atoms with Gasteiger partial charge in [0, 0.05) is 29.6 Å². The van der Waals surface area contributed by atoms with Crippen molar-refractivity contribution in [2.45, 2.75) is 74.1 Å². The minimum Gasteiger partial charge on any atom is -0.458 e. The van der Waals surface area contributed by atoms with E-state index < -0.39 is 100 Å². The zero-order valence-corrected chi connectivity index (χ0v) is 22.0. The standard InChI is InChI=1S/C25H26F4O11S/c26-24(27,25(28,29)41(34,35)36)15-6-9(20(30)37-16-7-1-10-12(3-7)21(31)39-18(10)16)5-14(15)23(33)38-17-8-2-11-13(4-8)22(32)40-19(11)17/h7-19H,1-6H2,(H,34,35,36)/t7?,8?,9-,10?,11?,12?,13?,14+,15?,16?,17?,18?,19?/m1/s1. The van der Waals surface area contributed by atoms with Crippen molar-refractivity contribution in [3.63, 3.8) is 0 Å². The molecule has 41 heavy (non-hydrogen) atoms. The van der Waals surface area contributed by atoms with Gasteiger partial charge >= 0.3 is 45.2 Å². The molecule has 2 aliphatic heterocycles. The molecule has 0 amide bonds. The first kappa shape index (κ1) is 27.3. The first-order valence-corrected chi connectivity index (χ1v) is 15.1. The number of ether oxygens (including phenoxy) is 4. The summed E-state index contributed by atoms with van der Waals surface area (Å²) in [5.74, 6) is -16.6. The second-order valence-electron chi connectivity index (χ2n) is 12.6. The highest BCUT2D eigenvalue weighted by atomic mass is 32.2. The molecule has 2 heterocycles. The number of hydrogen-bond donors (Lipinski definition) is 1. The average Bonchev–Trinajstić information content (AvgIpc) is 3.70. The number of esters is 4. The van der Waals surface area contributed by atoms with Gasteiger partial charge in [-0.3, -0.25) is 23.7 Å².